The largest absolute Gasteiger partial charge is 0.381 e. The van der Waals surface area contributed by atoms with Gasteiger partial charge in [0.25, 0.3) is 0 Å². The van der Waals surface area contributed by atoms with Gasteiger partial charge in [0.05, 0.1) is 11.4 Å². The van der Waals surface area contributed by atoms with E-state index < -0.39 is 0 Å². The smallest absolute Gasteiger partial charge is 0.0838 e. The van der Waals surface area contributed by atoms with E-state index in [1.807, 2.05) is 6.07 Å². The van der Waals surface area contributed by atoms with Crippen molar-refractivity contribution in [1.82, 2.24) is 0 Å². The van der Waals surface area contributed by atoms with Crippen LogP contribution in [0.2, 0.25) is 0 Å². The number of hydrogen-bond acceptors (Lipinski definition) is 4. The Morgan fingerprint density at radius 1 is 0.880 bits per heavy atom. The molecule has 0 aliphatic rings. The summed E-state index contributed by atoms with van der Waals surface area (Å²) >= 11 is 0. The third-order valence-electron chi connectivity index (χ3n) is 4.53. The molecule has 0 unspecified atom stereocenters. The van der Waals surface area contributed by atoms with Gasteiger partial charge in [-0.3, -0.25) is 10.7 Å². The summed E-state index contributed by atoms with van der Waals surface area (Å²) in [6.07, 6.45) is 0. The number of benzene rings is 3. The van der Waals surface area contributed by atoms with Gasteiger partial charge in [0.1, 0.15) is 0 Å². The second-order valence-electron chi connectivity index (χ2n) is 6.05. The molecule has 0 aliphatic carbocycles. The van der Waals surface area contributed by atoms with Gasteiger partial charge in [-0.2, -0.15) is 0 Å². The predicted molar refractivity (Wildman–Crippen MR) is 107 cm³/mol. The van der Waals surface area contributed by atoms with Crippen LogP contribution >= 0.6 is 0 Å². The minimum Gasteiger partial charge on any atom is -0.381 e. The highest BCUT2D eigenvalue weighted by atomic mass is 16.5. The second kappa shape index (κ2) is 7.90. The SMILES string of the molecule is CCN(CC)c1ccc(CNc2ccc3ccccc3c2)cc1NO. The molecule has 3 aromatic rings. The zero-order valence-electron chi connectivity index (χ0n) is 14.8. The highest BCUT2D eigenvalue weighted by molar-refractivity contribution is 5.85. The van der Waals surface area contributed by atoms with E-state index in [9.17, 15) is 5.21 Å². The van der Waals surface area contributed by atoms with Crippen LogP contribution in [-0.2, 0) is 6.54 Å². The molecule has 4 heteroatoms. The van der Waals surface area contributed by atoms with Crippen LogP contribution in [0, 0.1) is 0 Å². The van der Waals surface area contributed by atoms with E-state index in [2.05, 4.69) is 84.1 Å². The van der Waals surface area contributed by atoms with Crippen LogP contribution in [-0.4, -0.2) is 18.3 Å². The molecule has 4 nitrogen and oxygen atoms in total. The first-order chi connectivity index (χ1) is 12.2. The Morgan fingerprint density at radius 3 is 2.36 bits per heavy atom. The highest BCUT2D eigenvalue weighted by Gasteiger charge is 2.09. The number of nitrogens with zero attached hydrogens (tertiary/aromatic N) is 1. The molecule has 0 fully saturated rings. The van der Waals surface area contributed by atoms with Gasteiger partial charge in [0.2, 0.25) is 0 Å². The zero-order valence-corrected chi connectivity index (χ0v) is 14.8. The van der Waals surface area contributed by atoms with Gasteiger partial charge >= 0.3 is 0 Å². The van der Waals surface area contributed by atoms with Crippen molar-refractivity contribution in [2.75, 3.05) is 28.8 Å². The Kier molecular flexibility index (Phi) is 5.41. The van der Waals surface area contributed by atoms with Crippen LogP contribution in [0.1, 0.15) is 19.4 Å². The normalized spacial score (nSPS) is 10.7. The molecule has 0 radical (unpaired) electrons. The van der Waals surface area contributed by atoms with E-state index in [0.29, 0.717) is 6.54 Å². The molecule has 25 heavy (non-hydrogen) atoms. The molecule has 3 N–H and O–H groups in total. The molecule has 0 aliphatic heterocycles. The highest BCUT2D eigenvalue weighted by Crippen LogP contribution is 2.27. The first kappa shape index (κ1) is 17.1. The molecule has 0 spiro atoms. The summed E-state index contributed by atoms with van der Waals surface area (Å²) in [5.74, 6) is 0. The van der Waals surface area contributed by atoms with Crippen molar-refractivity contribution < 1.29 is 5.21 Å². The third kappa shape index (κ3) is 3.86. The molecule has 0 amide bonds. The molecule has 0 aromatic heterocycles. The molecule has 0 bridgehead atoms. The lowest BCUT2D eigenvalue weighted by Crippen LogP contribution is -2.23. The molecule has 0 heterocycles. The Bertz CT molecular complexity index is 843. The van der Waals surface area contributed by atoms with Gasteiger partial charge < -0.3 is 10.2 Å². The summed E-state index contributed by atoms with van der Waals surface area (Å²) in [6, 6.07) is 20.9. The van der Waals surface area contributed by atoms with Crippen molar-refractivity contribution in [1.29, 1.82) is 0 Å². The Morgan fingerprint density at radius 2 is 1.64 bits per heavy atom. The number of anilines is 3. The summed E-state index contributed by atoms with van der Waals surface area (Å²) in [4.78, 5) is 2.21. The van der Waals surface area contributed by atoms with Gasteiger partial charge in [-0.1, -0.05) is 36.4 Å². The van der Waals surface area contributed by atoms with Crippen molar-refractivity contribution in [2.45, 2.75) is 20.4 Å². The quantitative estimate of drug-likeness (QED) is 0.526. The van der Waals surface area contributed by atoms with E-state index in [1.54, 1.807) is 0 Å². The second-order valence-corrected chi connectivity index (χ2v) is 6.05. The minimum absolute atomic E-state index is 0.700. The van der Waals surface area contributed by atoms with E-state index in [0.717, 1.165) is 35.7 Å². The predicted octanol–water partition coefficient (Wildman–Crippen LogP) is 5.10. The Labute approximate surface area is 149 Å². The van der Waals surface area contributed by atoms with Crippen LogP contribution in [0.15, 0.2) is 60.7 Å². The van der Waals surface area contributed by atoms with Gasteiger partial charge in [0.15, 0.2) is 0 Å². The Balaban J connectivity index is 1.75. The van der Waals surface area contributed by atoms with Crippen molar-refractivity contribution in [3.63, 3.8) is 0 Å². The standard InChI is InChI=1S/C21H25N3O/c1-3-24(4-2)21-12-9-16(13-20(21)23-25)15-22-19-11-10-17-7-5-6-8-18(17)14-19/h5-14,22-23,25H,3-4,15H2,1-2H3. The van der Waals surface area contributed by atoms with Crippen LogP contribution in [0.3, 0.4) is 0 Å². The number of hydrogen-bond donors (Lipinski definition) is 3. The summed E-state index contributed by atoms with van der Waals surface area (Å²) in [5.41, 5.74) is 6.29. The van der Waals surface area contributed by atoms with Crippen LogP contribution in [0.25, 0.3) is 10.8 Å². The summed E-state index contributed by atoms with van der Waals surface area (Å²) in [6.45, 7) is 6.73. The average Bonchev–Trinajstić information content (AvgIpc) is 2.67. The lowest BCUT2D eigenvalue weighted by molar-refractivity contribution is 0.389. The zero-order chi connectivity index (χ0) is 17.6. The van der Waals surface area contributed by atoms with Crippen LogP contribution < -0.4 is 15.7 Å². The number of rotatable bonds is 7. The van der Waals surface area contributed by atoms with Crippen molar-refractivity contribution in [3.8, 4) is 0 Å². The molecule has 0 saturated carbocycles. The van der Waals surface area contributed by atoms with E-state index in [4.69, 9.17) is 0 Å². The monoisotopic (exact) mass is 335 g/mol. The fraction of sp³-hybridized carbons (Fsp3) is 0.238. The van der Waals surface area contributed by atoms with Gasteiger partial charge in [-0.05, 0) is 54.4 Å². The first-order valence-electron chi connectivity index (χ1n) is 8.75. The summed E-state index contributed by atoms with van der Waals surface area (Å²) in [5, 5.41) is 15.4. The van der Waals surface area contributed by atoms with E-state index in [-0.39, 0.29) is 0 Å². The number of fused-ring (bicyclic) bond motifs is 1. The van der Waals surface area contributed by atoms with Crippen LogP contribution in [0.5, 0.6) is 0 Å². The lowest BCUT2D eigenvalue weighted by atomic mass is 10.1. The lowest BCUT2D eigenvalue weighted by Gasteiger charge is -2.24. The maximum atomic E-state index is 9.49. The topological polar surface area (TPSA) is 47.5 Å². The van der Waals surface area contributed by atoms with E-state index in [1.165, 1.54) is 10.8 Å². The first-order valence-corrected chi connectivity index (χ1v) is 8.75. The summed E-state index contributed by atoms with van der Waals surface area (Å²) < 4.78 is 0. The Hall–Kier alpha value is -2.72. The van der Waals surface area contributed by atoms with Crippen molar-refractivity contribution >= 4 is 27.8 Å². The van der Waals surface area contributed by atoms with Crippen molar-refractivity contribution in [2.24, 2.45) is 0 Å². The van der Waals surface area contributed by atoms with Crippen LogP contribution in [0.4, 0.5) is 17.1 Å². The van der Waals surface area contributed by atoms with Gasteiger partial charge in [-0.25, -0.2) is 0 Å². The maximum Gasteiger partial charge on any atom is 0.0838 e. The molecule has 130 valence electrons. The fourth-order valence-electron chi connectivity index (χ4n) is 3.13. The molecular weight excluding hydrogens is 310 g/mol. The average molecular weight is 335 g/mol. The molecule has 3 aromatic carbocycles. The molecular formula is C21H25N3O. The maximum absolute atomic E-state index is 9.49. The van der Waals surface area contributed by atoms with Gasteiger partial charge in [-0.15, -0.1) is 0 Å². The minimum atomic E-state index is 0.700. The molecule has 3 rings (SSSR count). The molecule has 0 atom stereocenters. The van der Waals surface area contributed by atoms with E-state index >= 15 is 0 Å². The third-order valence-corrected chi connectivity index (χ3v) is 4.53. The summed E-state index contributed by atoms with van der Waals surface area (Å²) in [7, 11) is 0. The molecule has 0 saturated heterocycles. The van der Waals surface area contributed by atoms with Gasteiger partial charge in [0, 0.05) is 25.3 Å². The van der Waals surface area contributed by atoms with Crippen molar-refractivity contribution in [3.05, 3.63) is 66.2 Å². The fourth-order valence-corrected chi connectivity index (χ4v) is 3.13. The number of nitrogens with one attached hydrogen (secondary N) is 2.